The molecule has 0 unspecified atom stereocenters. The van der Waals surface area contributed by atoms with E-state index in [-0.39, 0.29) is 36.3 Å². The molecule has 3 aromatic rings. The number of aliphatic hydroxyl groups excluding tert-OH is 1. The number of fused-ring (bicyclic) bond motifs is 1. The summed E-state index contributed by atoms with van der Waals surface area (Å²) in [4.78, 5) is 29.7. The maximum atomic E-state index is 13.9. The minimum atomic E-state index is -5.10. The summed E-state index contributed by atoms with van der Waals surface area (Å²) in [7, 11) is 0. The second kappa shape index (κ2) is 10.6. The average Bonchev–Trinajstić information content (AvgIpc) is 3.65. The van der Waals surface area contributed by atoms with Crippen LogP contribution in [0, 0.1) is 11.6 Å². The molecule has 2 N–H and O–H groups in total. The quantitative estimate of drug-likeness (QED) is 0.414. The first-order chi connectivity index (χ1) is 18.5. The Balaban J connectivity index is 1.20. The number of alkyl halides is 3. The molecule has 210 valence electrons. The number of hydrogen-bond donors (Lipinski definition) is 2. The average molecular weight is 555 g/mol. The van der Waals surface area contributed by atoms with Gasteiger partial charge < -0.3 is 19.7 Å². The molecule has 0 bridgehead atoms. The summed E-state index contributed by atoms with van der Waals surface area (Å²) in [5, 5.41) is 10.6. The number of amides is 1. The molecule has 0 radical (unpaired) electrons. The highest BCUT2D eigenvalue weighted by Crippen LogP contribution is 2.40. The van der Waals surface area contributed by atoms with Crippen LogP contribution in [-0.4, -0.2) is 70.0 Å². The summed E-state index contributed by atoms with van der Waals surface area (Å²) in [6.45, 7) is 0.938. The predicted molar refractivity (Wildman–Crippen MR) is 132 cm³/mol. The van der Waals surface area contributed by atoms with E-state index < -0.39 is 35.9 Å². The van der Waals surface area contributed by atoms with Gasteiger partial charge in [0.15, 0.2) is 0 Å². The van der Waals surface area contributed by atoms with E-state index in [4.69, 9.17) is 4.74 Å². The molecule has 1 amide bonds. The van der Waals surface area contributed by atoms with Gasteiger partial charge in [-0.3, -0.25) is 14.3 Å². The number of nitrogens with zero attached hydrogens (tertiary/aromatic N) is 3. The van der Waals surface area contributed by atoms with Gasteiger partial charge in [-0.25, -0.2) is 13.6 Å². The number of hydrogen-bond acceptors (Lipinski definition) is 5. The van der Waals surface area contributed by atoms with E-state index >= 15 is 0 Å². The molecule has 8 nitrogen and oxygen atoms in total. The molecule has 1 saturated carbocycles. The van der Waals surface area contributed by atoms with Crippen LogP contribution >= 0.6 is 0 Å². The van der Waals surface area contributed by atoms with Gasteiger partial charge in [-0.1, -0.05) is 0 Å². The van der Waals surface area contributed by atoms with Crippen LogP contribution in [0.4, 0.5) is 27.6 Å². The van der Waals surface area contributed by atoms with Crippen molar-refractivity contribution in [1.82, 2.24) is 14.5 Å². The minimum absolute atomic E-state index is 0.115. The number of benzene rings is 2. The number of anilines is 1. The Morgan fingerprint density at radius 3 is 2.41 bits per heavy atom. The Kier molecular flexibility index (Phi) is 7.38. The van der Waals surface area contributed by atoms with Gasteiger partial charge in [0.1, 0.15) is 30.1 Å². The number of rotatable bonds is 8. The number of aromatic amines is 1. The first-order valence-corrected chi connectivity index (χ1v) is 12.6. The zero-order valence-electron chi connectivity index (χ0n) is 20.8. The number of nitrogens with one attached hydrogen (secondary N) is 1. The molecular weight excluding hydrogens is 527 g/mol. The fraction of sp³-hybridized carbons (Fsp3) is 0.462. The lowest BCUT2D eigenvalue weighted by Crippen LogP contribution is -2.43. The number of likely N-dealkylation sites (tertiary alicyclic amines) is 1. The molecule has 2 heterocycles. The Labute approximate surface area is 219 Å². The number of piperidine rings is 1. The number of carbonyl (C=O) groups is 1. The van der Waals surface area contributed by atoms with E-state index in [9.17, 15) is 36.6 Å². The topological polar surface area (TPSA) is 90.8 Å². The Morgan fingerprint density at radius 2 is 1.74 bits per heavy atom. The highest BCUT2D eigenvalue weighted by Gasteiger charge is 2.48. The van der Waals surface area contributed by atoms with Crippen molar-refractivity contribution in [2.45, 2.75) is 50.0 Å². The normalized spacial score (nSPS) is 17.9. The van der Waals surface area contributed by atoms with E-state index in [1.165, 1.54) is 12.1 Å². The van der Waals surface area contributed by atoms with Crippen LogP contribution in [0.3, 0.4) is 0 Å². The summed E-state index contributed by atoms with van der Waals surface area (Å²) in [5.74, 6) is -3.51. The number of H-pyrrole nitrogens is 1. The van der Waals surface area contributed by atoms with Gasteiger partial charge in [0.2, 0.25) is 0 Å². The molecular formula is C26H27F5N4O4. The Bertz CT molecular complexity index is 1410. The van der Waals surface area contributed by atoms with E-state index in [1.807, 2.05) is 4.90 Å². The standard InChI is InChI=1S/C26H27F5N4O4/c27-15-1-5-21-20(11-15)32-25(38)35(21)18-7-9-33(10-8-18)13-19(36)14-39-23-12-16(28)2-6-22(23)34(17-3-4-17)24(37)26(29,30)31/h1-2,5-6,11-12,17-19,36H,3-4,7-10,13-14H2,(H,32,38)/t19-/m1/s1. The number of ether oxygens (including phenoxy) is 1. The summed E-state index contributed by atoms with van der Waals surface area (Å²) < 4.78 is 74.2. The lowest BCUT2D eigenvalue weighted by Gasteiger charge is -2.33. The molecule has 39 heavy (non-hydrogen) atoms. The zero-order valence-corrected chi connectivity index (χ0v) is 20.8. The van der Waals surface area contributed by atoms with Crippen molar-refractivity contribution in [3.8, 4) is 5.75 Å². The van der Waals surface area contributed by atoms with Crippen LogP contribution in [0.25, 0.3) is 11.0 Å². The fourth-order valence-electron chi connectivity index (χ4n) is 5.11. The molecule has 2 aliphatic rings. The summed E-state index contributed by atoms with van der Waals surface area (Å²) in [6.07, 6.45) is -4.18. The van der Waals surface area contributed by atoms with E-state index in [0.717, 1.165) is 18.2 Å². The van der Waals surface area contributed by atoms with Crippen molar-refractivity contribution < 1.29 is 36.6 Å². The maximum absolute atomic E-state index is 13.9. The number of halogens is 5. The molecule has 1 aliphatic heterocycles. The van der Waals surface area contributed by atoms with Crippen LogP contribution in [0.1, 0.15) is 31.7 Å². The van der Waals surface area contributed by atoms with Crippen LogP contribution < -0.4 is 15.3 Å². The van der Waals surface area contributed by atoms with Crippen molar-refractivity contribution in [2.24, 2.45) is 0 Å². The molecule has 1 aliphatic carbocycles. The molecule has 1 atom stereocenters. The first kappa shape index (κ1) is 27.1. The highest BCUT2D eigenvalue weighted by atomic mass is 19.4. The number of aromatic nitrogens is 2. The molecule has 2 aromatic carbocycles. The number of imidazole rings is 1. The van der Waals surface area contributed by atoms with Crippen LogP contribution in [0.2, 0.25) is 0 Å². The van der Waals surface area contributed by atoms with E-state index in [0.29, 0.717) is 54.7 Å². The van der Waals surface area contributed by atoms with Gasteiger partial charge in [0.05, 0.1) is 16.7 Å². The third kappa shape index (κ3) is 5.93. The summed E-state index contributed by atoms with van der Waals surface area (Å²) in [6, 6.07) is 6.29. The zero-order chi connectivity index (χ0) is 27.9. The van der Waals surface area contributed by atoms with Gasteiger partial charge in [-0.15, -0.1) is 0 Å². The second-order valence-corrected chi connectivity index (χ2v) is 9.97. The number of β-amino-alcohol motifs (C(OH)–C–C–N with tert-alkyl or cyclic N) is 1. The Hall–Kier alpha value is -3.45. The second-order valence-electron chi connectivity index (χ2n) is 9.97. The minimum Gasteiger partial charge on any atom is -0.489 e. The van der Waals surface area contributed by atoms with Gasteiger partial charge in [-0.05, 0) is 56.0 Å². The highest BCUT2D eigenvalue weighted by molar-refractivity contribution is 5.99. The molecule has 0 spiro atoms. The third-order valence-electron chi connectivity index (χ3n) is 7.06. The summed E-state index contributed by atoms with van der Waals surface area (Å²) >= 11 is 0. The van der Waals surface area contributed by atoms with Crippen LogP contribution in [0.5, 0.6) is 5.75 Å². The lowest BCUT2D eigenvalue weighted by molar-refractivity contribution is -0.170. The van der Waals surface area contributed by atoms with Gasteiger partial charge in [-0.2, -0.15) is 13.2 Å². The SMILES string of the molecule is O=C(N(c1ccc(F)cc1OC[C@H](O)CN1CCC(n2c(=O)[nH]c3cc(F)ccc32)CC1)C1CC1)C(F)(F)F. The number of carbonyl (C=O) groups excluding carboxylic acids is 1. The lowest BCUT2D eigenvalue weighted by atomic mass is 10.0. The molecule has 5 rings (SSSR count). The molecule has 2 fully saturated rings. The van der Waals surface area contributed by atoms with Gasteiger partial charge in [0, 0.05) is 37.8 Å². The smallest absolute Gasteiger partial charge is 0.471 e. The van der Waals surface area contributed by atoms with Crippen molar-refractivity contribution in [3.63, 3.8) is 0 Å². The molecule has 1 saturated heterocycles. The van der Waals surface area contributed by atoms with Crippen LogP contribution in [-0.2, 0) is 4.79 Å². The largest absolute Gasteiger partial charge is 0.489 e. The summed E-state index contributed by atoms with van der Waals surface area (Å²) in [5.41, 5.74) is 0.517. The van der Waals surface area contributed by atoms with Gasteiger partial charge >= 0.3 is 17.8 Å². The van der Waals surface area contributed by atoms with Crippen molar-refractivity contribution in [2.75, 3.05) is 31.1 Å². The first-order valence-electron chi connectivity index (χ1n) is 12.6. The van der Waals surface area contributed by atoms with Crippen LogP contribution in [0.15, 0.2) is 41.2 Å². The van der Waals surface area contributed by atoms with Crippen molar-refractivity contribution in [3.05, 3.63) is 58.5 Å². The van der Waals surface area contributed by atoms with E-state index in [2.05, 4.69) is 4.98 Å². The number of aliphatic hydroxyl groups is 1. The maximum Gasteiger partial charge on any atom is 0.471 e. The van der Waals surface area contributed by atoms with E-state index in [1.54, 1.807) is 10.6 Å². The van der Waals surface area contributed by atoms with Crippen molar-refractivity contribution in [1.29, 1.82) is 0 Å². The monoisotopic (exact) mass is 554 g/mol. The van der Waals surface area contributed by atoms with Gasteiger partial charge in [0.25, 0.3) is 0 Å². The molecule has 1 aromatic heterocycles. The Morgan fingerprint density at radius 1 is 1.08 bits per heavy atom. The van der Waals surface area contributed by atoms with Crippen molar-refractivity contribution >= 4 is 22.6 Å². The third-order valence-corrected chi connectivity index (χ3v) is 7.06. The predicted octanol–water partition coefficient (Wildman–Crippen LogP) is 3.74. The fourth-order valence-corrected chi connectivity index (χ4v) is 5.11. The molecule has 13 heteroatoms.